The van der Waals surface area contributed by atoms with E-state index in [0.717, 1.165) is 12.8 Å². The molecule has 0 saturated carbocycles. The molecule has 1 aromatic carbocycles. The third-order valence-electron chi connectivity index (χ3n) is 4.69. The first kappa shape index (κ1) is 23.0. The van der Waals surface area contributed by atoms with Gasteiger partial charge in [-0.15, -0.1) is 18.3 Å². The Hall–Kier alpha value is -3.19. The molecule has 174 valence electrons. The summed E-state index contributed by atoms with van der Waals surface area (Å²) in [5.74, 6) is -0.534. The minimum absolute atomic E-state index is 0.0410. The van der Waals surface area contributed by atoms with E-state index in [2.05, 4.69) is 30.3 Å². The number of benzene rings is 1. The van der Waals surface area contributed by atoms with Crippen molar-refractivity contribution in [1.82, 2.24) is 30.3 Å². The zero-order valence-electron chi connectivity index (χ0n) is 17.2. The molecule has 1 unspecified atom stereocenters. The van der Waals surface area contributed by atoms with Gasteiger partial charge in [0.1, 0.15) is 5.75 Å². The third kappa shape index (κ3) is 6.20. The van der Waals surface area contributed by atoms with Gasteiger partial charge >= 0.3 is 6.36 Å². The van der Waals surface area contributed by atoms with Gasteiger partial charge in [-0.1, -0.05) is 17.0 Å². The topological polar surface area (TPSA) is 104 Å². The highest BCUT2D eigenvalue weighted by Crippen LogP contribution is 2.26. The van der Waals surface area contributed by atoms with Crippen LogP contribution in [-0.2, 0) is 10.5 Å². The van der Waals surface area contributed by atoms with Crippen LogP contribution in [0.4, 0.5) is 13.2 Å². The zero-order chi connectivity index (χ0) is 23.3. The third-order valence-corrected chi connectivity index (χ3v) is 5.57. The molecule has 1 aliphatic heterocycles. The highest BCUT2D eigenvalue weighted by atomic mass is 32.2. The Bertz CT molecular complexity index is 1070. The van der Waals surface area contributed by atoms with Crippen LogP contribution in [0.5, 0.6) is 5.75 Å². The number of amides is 1. The summed E-state index contributed by atoms with van der Waals surface area (Å²) in [5, 5.41) is 11.4. The summed E-state index contributed by atoms with van der Waals surface area (Å²) in [6.07, 6.45) is 0.178. The maximum absolute atomic E-state index is 12.8. The SMILES string of the molecule is O=C(NCC1CCCO1)c1nnn(-c2ccc(OC(F)(F)F)cc2)c1CSc1ncccn1. The lowest BCUT2D eigenvalue weighted by Crippen LogP contribution is -2.32. The first-order valence-electron chi connectivity index (χ1n) is 9.99. The van der Waals surface area contributed by atoms with Crippen molar-refractivity contribution >= 4 is 17.7 Å². The van der Waals surface area contributed by atoms with Crippen molar-refractivity contribution in [2.45, 2.75) is 36.2 Å². The predicted molar refractivity (Wildman–Crippen MR) is 111 cm³/mol. The van der Waals surface area contributed by atoms with Crippen molar-refractivity contribution in [3.63, 3.8) is 0 Å². The minimum Gasteiger partial charge on any atom is -0.406 e. The Morgan fingerprint density at radius 2 is 2.00 bits per heavy atom. The number of halogens is 3. The molecule has 13 heteroatoms. The Kier molecular flexibility index (Phi) is 7.08. The fourth-order valence-corrected chi connectivity index (χ4v) is 3.99. The maximum atomic E-state index is 12.8. The largest absolute Gasteiger partial charge is 0.573 e. The summed E-state index contributed by atoms with van der Waals surface area (Å²) in [6.45, 7) is 1.02. The van der Waals surface area contributed by atoms with E-state index in [1.54, 1.807) is 18.5 Å². The molecule has 1 N–H and O–H groups in total. The first-order chi connectivity index (χ1) is 15.9. The molecule has 33 heavy (non-hydrogen) atoms. The highest BCUT2D eigenvalue weighted by molar-refractivity contribution is 7.98. The standard InChI is InChI=1S/C20H19F3N6O3S/c21-20(22,23)32-14-6-4-13(5-7-14)29-16(12-33-19-24-8-2-9-25-19)17(27-28-29)18(30)26-11-15-3-1-10-31-15/h2,4-9,15H,1,3,10-12H2,(H,26,30). The van der Waals surface area contributed by atoms with E-state index in [1.165, 1.54) is 40.7 Å². The van der Waals surface area contributed by atoms with Gasteiger partial charge in [0.25, 0.3) is 5.91 Å². The van der Waals surface area contributed by atoms with E-state index in [1.807, 2.05) is 0 Å². The summed E-state index contributed by atoms with van der Waals surface area (Å²) < 4.78 is 48.2. The smallest absolute Gasteiger partial charge is 0.406 e. The van der Waals surface area contributed by atoms with Gasteiger partial charge in [0.2, 0.25) is 0 Å². The molecule has 1 atom stereocenters. The Morgan fingerprint density at radius 1 is 1.24 bits per heavy atom. The number of ether oxygens (including phenoxy) is 2. The van der Waals surface area contributed by atoms with Crippen LogP contribution in [0.1, 0.15) is 29.0 Å². The predicted octanol–water partition coefficient (Wildman–Crippen LogP) is 3.16. The van der Waals surface area contributed by atoms with Crippen molar-refractivity contribution in [2.24, 2.45) is 0 Å². The summed E-state index contributed by atoms with van der Waals surface area (Å²) in [6, 6.07) is 6.82. The number of nitrogens with zero attached hydrogens (tertiary/aromatic N) is 5. The van der Waals surface area contributed by atoms with Crippen molar-refractivity contribution in [2.75, 3.05) is 13.2 Å². The van der Waals surface area contributed by atoms with E-state index in [4.69, 9.17) is 4.74 Å². The quantitative estimate of drug-likeness (QED) is 0.387. The number of alkyl halides is 3. The number of aromatic nitrogens is 5. The van der Waals surface area contributed by atoms with Crippen LogP contribution in [0, 0.1) is 0 Å². The molecule has 0 spiro atoms. The molecule has 1 amide bonds. The number of hydrogen-bond acceptors (Lipinski definition) is 8. The second kappa shape index (κ2) is 10.2. The molecular weight excluding hydrogens is 461 g/mol. The molecular formula is C20H19F3N6O3S. The van der Waals surface area contributed by atoms with E-state index >= 15 is 0 Å². The maximum Gasteiger partial charge on any atom is 0.573 e. The van der Waals surface area contributed by atoms with Crippen molar-refractivity contribution in [3.05, 3.63) is 54.1 Å². The van der Waals surface area contributed by atoms with Crippen LogP contribution in [-0.4, -0.2) is 56.5 Å². The van der Waals surface area contributed by atoms with Gasteiger partial charge < -0.3 is 14.8 Å². The number of hydrogen-bond donors (Lipinski definition) is 1. The Labute approximate surface area is 190 Å². The van der Waals surface area contributed by atoms with Crippen molar-refractivity contribution < 1.29 is 27.4 Å². The number of rotatable bonds is 8. The summed E-state index contributed by atoms with van der Waals surface area (Å²) >= 11 is 1.27. The van der Waals surface area contributed by atoms with Crippen LogP contribution in [0.25, 0.3) is 5.69 Å². The van der Waals surface area contributed by atoms with E-state index < -0.39 is 12.3 Å². The number of carbonyl (C=O) groups is 1. The van der Waals surface area contributed by atoms with E-state index in [9.17, 15) is 18.0 Å². The molecule has 0 aliphatic carbocycles. The fraction of sp³-hybridized carbons (Fsp3) is 0.350. The van der Waals surface area contributed by atoms with Crippen molar-refractivity contribution in [3.8, 4) is 11.4 Å². The van der Waals surface area contributed by atoms with Gasteiger partial charge in [0, 0.05) is 31.3 Å². The molecule has 3 heterocycles. The Balaban J connectivity index is 1.56. The van der Waals surface area contributed by atoms with Crippen LogP contribution < -0.4 is 10.1 Å². The molecule has 1 saturated heterocycles. The fourth-order valence-electron chi connectivity index (χ4n) is 3.19. The summed E-state index contributed by atoms with van der Waals surface area (Å²) in [5.41, 5.74) is 0.966. The Morgan fingerprint density at radius 3 is 2.67 bits per heavy atom. The second-order valence-corrected chi connectivity index (χ2v) is 7.95. The highest BCUT2D eigenvalue weighted by Gasteiger charge is 2.31. The van der Waals surface area contributed by atoms with Crippen LogP contribution in [0.2, 0.25) is 0 Å². The van der Waals surface area contributed by atoms with Crippen LogP contribution >= 0.6 is 11.8 Å². The lowest BCUT2D eigenvalue weighted by Gasteiger charge is -2.12. The molecule has 3 aromatic rings. The van der Waals surface area contributed by atoms with Gasteiger partial charge in [-0.3, -0.25) is 4.79 Å². The average molecular weight is 480 g/mol. The molecule has 1 fully saturated rings. The van der Waals surface area contributed by atoms with E-state index in [-0.39, 0.29) is 23.3 Å². The number of thioether (sulfide) groups is 1. The lowest BCUT2D eigenvalue weighted by atomic mass is 10.2. The number of nitrogens with one attached hydrogen (secondary N) is 1. The van der Waals surface area contributed by atoms with Gasteiger partial charge in [-0.25, -0.2) is 14.6 Å². The normalized spacial score (nSPS) is 16.0. The molecule has 2 aromatic heterocycles. The van der Waals surface area contributed by atoms with Gasteiger partial charge in [0.15, 0.2) is 10.9 Å². The number of carbonyl (C=O) groups excluding carboxylic acids is 1. The van der Waals surface area contributed by atoms with Gasteiger partial charge in [0.05, 0.1) is 17.5 Å². The summed E-state index contributed by atoms with van der Waals surface area (Å²) in [7, 11) is 0. The van der Waals surface area contributed by atoms with Crippen molar-refractivity contribution in [1.29, 1.82) is 0 Å². The summed E-state index contributed by atoms with van der Waals surface area (Å²) in [4.78, 5) is 21.1. The second-order valence-electron chi connectivity index (χ2n) is 7.00. The molecule has 0 bridgehead atoms. The molecule has 4 rings (SSSR count). The van der Waals surface area contributed by atoms with E-state index in [0.29, 0.717) is 29.7 Å². The van der Waals surface area contributed by atoms with Gasteiger partial charge in [-0.2, -0.15) is 0 Å². The first-order valence-corrected chi connectivity index (χ1v) is 11.0. The molecule has 9 nitrogen and oxygen atoms in total. The van der Waals surface area contributed by atoms with Crippen LogP contribution in [0.3, 0.4) is 0 Å². The average Bonchev–Trinajstić information content (AvgIpc) is 3.46. The molecule has 1 aliphatic rings. The lowest BCUT2D eigenvalue weighted by molar-refractivity contribution is -0.274. The van der Waals surface area contributed by atoms with Gasteiger partial charge in [-0.05, 0) is 43.2 Å². The molecule has 0 radical (unpaired) electrons. The minimum atomic E-state index is -4.79. The van der Waals surface area contributed by atoms with Crippen LogP contribution in [0.15, 0.2) is 47.9 Å². The monoisotopic (exact) mass is 480 g/mol. The zero-order valence-corrected chi connectivity index (χ0v) is 18.0.